The second-order valence-corrected chi connectivity index (χ2v) is 8.67. The summed E-state index contributed by atoms with van der Waals surface area (Å²) < 4.78 is 29.1. The highest BCUT2D eigenvalue weighted by atomic mass is 32.2. The van der Waals surface area contributed by atoms with E-state index >= 15 is 0 Å². The predicted molar refractivity (Wildman–Crippen MR) is 86.3 cm³/mol. The molecule has 0 bridgehead atoms. The molecule has 2 rings (SSSR count). The summed E-state index contributed by atoms with van der Waals surface area (Å²) in [5.74, 6) is 1.31. The van der Waals surface area contributed by atoms with Crippen molar-refractivity contribution >= 4 is 10.2 Å². The molecule has 2 aliphatic rings. The third kappa shape index (κ3) is 6.22. The summed E-state index contributed by atoms with van der Waals surface area (Å²) in [6.45, 7) is 7.06. The maximum absolute atomic E-state index is 12.3. The Morgan fingerprint density at radius 1 is 1.19 bits per heavy atom. The van der Waals surface area contributed by atoms with Gasteiger partial charge in [-0.05, 0) is 44.1 Å². The minimum Gasteiger partial charge on any atom is -0.314 e. The molecule has 1 atom stereocenters. The molecule has 6 heteroatoms. The summed E-state index contributed by atoms with van der Waals surface area (Å²) in [5.41, 5.74) is 0. The molecule has 0 aromatic carbocycles. The van der Waals surface area contributed by atoms with Crippen LogP contribution < -0.4 is 10.0 Å². The normalized spacial score (nSPS) is 24.6. The molecule has 0 radical (unpaired) electrons. The van der Waals surface area contributed by atoms with Crippen molar-refractivity contribution in [1.29, 1.82) is 0 Å². The van der Waals surface area contributed by atoms with E-state index in [1.807, 2.05) is 0 Å². The van der Waals surface area contributed by atoms with Crippen molar-refractivity contribution in [2.24, 2.45) is 11.8 Å². The summed E-state index contributed by atoms with van der Waals surface area (Å²) in [7, 11) is -3.28. The molecule has 0 aromatic rings. The van der Waals surface area contributed by atoms with Crippen molar-refractivity contribution < 1.29 is 8.42 Å². The molecule has 0 aromatic heterocycles. The zero-order valence-corrected chi connectivity index (χ0v) is 14.3. The fourth-order valence-corrected chi connectivity index (χ4v) is 4.27. The monoisotopic (exact) mass is 317 g/mol. The lowest BCUT2D eigenvalue weighted by Crippen LogP contribution is -2.48. The van der Waals surface area contributed by atoms with Gasteiger partial charge in [0.15, 0.2) is 0 Å². The smallest absolute Gasteiger partial charge is 0.279 e. The Morgan fingerprint density at radius 3 is 2.62 bits per heavy atom. The number of rotatable bonds is 9. The van der Waals surface area contributed by atoms with Crippen molar-refractivity contribution in [2.45, 2.75) is 58.4 Å². The van der Waals surface area contributed by atoms with E-state index in [1.165, 1.54) is 19.3 Å². The fourth-order valence-electron chi connectivity index (χ4n) is 2.90. The lowest BCUT2D eigenvalue weighted by molar-refractivity contribution is 0.254. The van der Waals surface area contributed by atoms with Gasteiger partial charge in [0.25, 0.3) is 10.2 Å². The molecule has 1 heterocycles. The van der Waals surface area contributed by atoms with Gasteiger partial charge in [0.05, 0.1) is 0 Å². The van der Waals surface area contributed by atoms with E-state index < -0.39 is 10.2 Å². The number of nitrogens with zero attached hydrogens (tertiary/aromatic N) is 1. The van der Waals surface area contributed by atoms with Crippen LogP contribution in [-0.2, 0) is 10.2 Å². The second kappa shape index (κ2) is 7.90. The van der Waals surface area contributed by atoms with Crippen molar-refractivity contribution in [1.82, 2.24) is 14.3 Å². The van der Waals surface area contributed by atoms with Crippen LogP contribution in [0.2, 0.25) is 0 Å². The molecule has 5 nitrogen and oxygen atoms in total. The van der Waals surface area contributed by atoms with Crippen molar-refractivity contribution in [2.75, 3.05) is 26.2 Å². The van der Waals surface area contributed by atoms with Crippen molar-refractivity contribution in [3.05, 3.63) is 0 Å². The van der Waals surface area contributed by atoms with Gasteiger partial charge < -0.3 is 5.32 Å². The van der Waals surface area contributed by atoms with E-state index in [-0.39, 0.29) is 0 Å². The maximum atomic E-state index is 12.3. The summed E-state index contributed by atoms with van der Waals surface area (Å²) in [6.07, 6.45) is 6.90. The van der Waals surface area contributed by atoms with E-state index in [9.17, 15) is 8.42 Å². The van der Waals surface area contributed by atoms with Crippen LogP contribution in [-0.4, -0.2) is 44.9 Å². The predicted octanol–water partition coefficient (Wildman–Crippen LogP) is 1.72. The summed E-state index contributed by atoms with van der Waals surface area (Å²) in [5, 5.41) is 3.42. The molecular weight excluding hydrogens is 286 g/mol. The van der Waals surface area contributed by atoms with Crippen LogP contribution in [0, 0.1) is 11.8 Å². The highest BCUT2D eigenvalue weighted by Crippen LogP contribution is 2.33. The first-order valence-corrected chi connectivity index (χ1v) is 9.89. The van der Waals surface area contributed by atoms with Gasteiger partial charge >= 0.3 is 0 Å². The van der Waals surface area contributed by atoms with Gasteiger partial charge in [0, 0.05) is 25.7 Å². The van der Waals surface area contributed by atoms with E-state index in [0.29, 0.717) is 31.6 Å². The molecule has 0 spiro atoms. The van der Waals surface area contributed by atoms with Gasteiger partial charge in [-0.2, -0.15) is 12.7 Å². The SMILES string of the molecule is CC(C)NCC1CCCN(S(=O)(=O)NCCCC2CC2)C1. The zero-order valence-electron chi connectivity index (χ0n) is 13.5. The molecule has 2 fully saturated rings. The summed E-state index contributed by atoms with van der Waals surface area (Å²) in [6, 6.07) is 0.456. The Morgan fingerprint density at radius 2 is 1.95 bits per heavy atom. The Balaban J connectivity index is 1.72. The Labute approximate surface area is 130 Å². The van der Waals surface area contributed by atoms with Gasteiger partial charge in [-0.25, -0.2) is 4.72 Å². The highest BCUT2D eigenvalue weighted by molar-refractivity contribution is 7.87. The molecule has 0 amide bonds. The molecule has 2 N–H and O–H groups in total. The summed E-state index contributed by atoms with van der Waals surface area (Å²) >= 11 is 0. The first-order valence-electron chi connectivity index (χ1n) is 8.45. The quantitative estimate of drug-likeness (QED) is 0.637. The van der Waals surface area contributed by atoms with Crippen LogP contribution >= 0.6 is 0 Å². The van der Waals surface area contributed by atoms with Crippen LogP contribution in [0.1, 0.15) is 52.4 Å². The van der Waals surface area contributed by atoms with Gasteiger partial charge in [-0.1, -0.05) is 26.7 Å². The molecule has 1 saturated carbocycles. The van der Waals surface area contributed by atoms with E-state index in [0.717, 1.165) is 31.7 Å². The third-order valence-electron chi connectivity index (χ3n) is 4.41. The molecular formula is C15H31N3O2S. The second-order valence-electron chi connectivity index (χ2n) is 6.91. The zero-order chi connectivity index (χ0) is 15.3. The number of piperidine rings is 1. The Kier molecular flexibility index (Phi) is 6.47. The van der Waals surface area contributed by atoms with Crippen LogP contribution in [0.25, 0.3) is 0 Å². The molecule has 1 aliphatic carbocycles. The van der Waals surface area contributed by atoms with Gasteiger partial charge in [0.2, 0.25) is 0 Å². The average molecular weight is 317 g/mol. The first kappa shape index (κ1) is 17.2. The molecule has 1 unspecified atom stereocenters. The van der Waals surface area contributed by atoms with Crippen molar-refractivity contribution in [3.8, 4) is 0 Å². The maximum Gasteiger partial charge on any atom is 0.279 e. The van der Waals surface area contributed by atoms with Crippen LogP contribution in [0.3, 0.4) is 0 Å². The third-order valence-corrected chi connectivity index (χ3v) is 5.99. The molecule has 21 heavy (non-hydrogen) atoms. The lowest BCUT2D eigenvalue weighted by Gasteiger charge is -2.32. The minimum absolute atomic E-state index is 0.434. The molecule has 124 valence electrons. The fraction of sp³-hybridized carbons (Fsp3) is 1.00. The lowest BCUT2D eigenvalue weighted by atomic mass is 9.99. The summed E-state index contributed by atoms with van der Waals surface area (Å²) in [4.78, 5) is 0. The average Bonchev–Trinajstić information content (AvgIpc) is 3.26. The number of hydrogen-bond donors (Lipinski definition) is 2. The van der Waals surface area contributed by atoms with E-state index in [1.54, 1.807) is 4.31 Å². The van der Waals surface area contributed by atoms with E-state index in [4.69, 9.17) is 0 Å². The van der Waals surface area contributed by atoms with Gasteiger partial charge in [0.1, 0.15) is 0 Å². The Hall–Kier alpha value is -0.170. The standard InChI is InChI=1S/C15H31N3O2S/c1-13(2)16-11-15-6-4-10-18(12-15)21(19,20)17-9-3-5-14-7-8-14/h13-17H,3-12H2,1-2H3. The highest BCUT2D eigenvalue weighted by Gasteiger charge is 2.28. The van der Waals surface area contributed by atoms with Crippen molar-refractivity contribution in [3.63, 3.8) is 0 Å². The first-order chi connectivity index (χ1) is 9.97. The number of hydrogen-bond acceptors (Lipinski definition) is 3. The molecule has 1 saturated heterocycles. The van der Waals surface area contributed by atoms with E-state index in [2.05, 4.69) is 23.9 Å². The topological polar surface area (TPSA) is 61.4 Å². The van der Waals surface area contributed by atoms with Crippen LogP contribution in [0.4, 0.5) is 0 Å². The number of nitrogens with one attached hydrogen (secondary N) is 2. The van der Waals surface area contributed by atoms with Crippen LogP contribution in [0.15, 0.2) is 0 Å². The minimum atomic E-state index is -3.28. The molecule has 1 aliphatic heterocycles. The van der Waals surface area contributed by atoms with Crippen LogP contribution in [0.5, 0.6) is 0 Å². The largest absolute Gasteiger partial charge is 0.314 e. The van der Waals surface area contributed by atoms with Gasteiger partial charge in [-0.3, -0.25) is 0 Å². The van der Waals surface area contributed by atoms with Gasteiger partial charge in [-0.15, -0.1) is 0 Å². The Bertz CT molecular complexity index is 407.